The van der Waals surface area contributed by atoms with Crippen molar-refractivity contribution in [1.29, 1.82) is 0 Å². The van der Waals surface area contributed by atoms with E-state index in [4.69, 9.17) is 9.26 Å². The summed E-state index contributed by atoms with van der Waals surface area (Å²) in [6.07, 6.45) is 0. The molecule has 0 amide bonds. The van der Waals surface area contributed by atoms with Crippen molar-refractivity contribution in [2.24, 2.45) is 7.05 Å². The predicted octanol–water partition coefficient (Wildman–Crippen LogP) is 2.01. The van der Waals surface area contributed by atoms with Crippen molar-refractivity contribution in [3.05, 3.63) is 41.6 Å². The fraction of sp³-hybridized carbons (Fsp3) is 0.267. The van der Waals surface area contributed by atoms with Gasteiger partial charge in [-0.2, -0.15) is 0 Å². The van der Waals surface area contributed by atoms with Gasteiger partial charge in [0, 0.05) is 18.7 Å². The number of carbonyl (C=O) groups is 1. The van der Waals surface area contributed by atoms with Crippen LogP contribution in [0.15, 0.2) is 40.0 Å². The van der Waals surface area contributed by atoms with Gasteiger partial charge in [-0.3, -0.25) is 4.79 Å². The molecule has 0 fully saturated rings. The van der Waals surface area contributed by atoms with Gasteiger partial charge in [-0.05, 0) is 17.4 Å². The van der Waals surface area contributed by atoms with Gasteiger partial charge in [0.15, 0.2) is 5.76 Å². The Morgan fingerprint density at radius 1 is 1.33 bits per heavy atom. The Bertz CT molecular complexity index is 828. The van der Waals surface area contributed by atoms with Gasteiger partial charge in [0.2, 0.25) is 5.16 Å². The van der Waals surface area contributed by atoms with Crippen molar-refractivity contribution >= 4 is 17.7 Å². The van der Waals surface area contributed by atoms with Gasteiger partial charge in [-0.25, -0.2) is 4.68 Å². The summed E-state index contributed by atoms with van der Waals surface area (Å²) in [5, 5.41) is 15.4. The molecule has 8 nitrogen and oxygen atoms in total. The van der Waals surface area contributed by atoms with Crippen molar-refractivity contribution in [1.82, 2.24) is 25.4 Å². The fourth-order valence-electron chi connectivity index (χ4n) is 1.90. The molecule has 3 rings (SSSR count). The second kappa shape index (κ2) is 7.26. The third-order valence-electron chi connectivity index (χ3n) is 3.18. The van der Waals surface area contributed by atoms with E-state index in [-0.39, 0.29) is 18.3 Å². The molecule has 1 aromatic carbocycles. The predicted molar refractivity (Wildman–Crippen MR) is 86.0 cm³/mol. The summed E-state index contributed by atoms with van der Waals surface area (Å²) in [5.74, 6) is 0.389. The van der Waals surface area contributed by atoms with Crippen molar-refractivity contribution in [2.45, 2.75) is 18.7 Å². The Labute approximate surface area is 142 Å². The maximum Gasteiger partial charge on any atom is 0.316 e. The summed E-state index contributed by atoms with van der Waals surface area (Å²) in [4.78, 5) is 11.8. The van der Waals surface area contributed by atoms with Crippen molar-refractivity contribution in [3.63, 3.8) is 0 Å². The molecule has 0 atom stereocenters. The Hall–Kier alpha value is -2.68. The second-order valence-electron chi connectivity index (χ2n) is 5.08. The summed E-state index contributed by atoms with van der Waals surface area (Å²) < 4.78 is 11.9. The zero-order valence-corrected chi connectivity index (χ0v) is 14.0. The Morgan fingerprint density at radius 3 is 2.83 bits per heavy atom. The molecular formula is C15H15N5O3S. The van der Waals surface area contributed by atoms with E-state index in [1.807, 2.05) is 31.2 Å². The third kappa shape index (κ3) is 3.99. The zero-order valence-electron chi connectivity index (χ0n) is 13.2. The van der Waals surface area contributed by atoms with E-state index >= 15 is 0 Å². The van der Waals surface area contributed by atoms with Crippen LogP contribution in [0, 0.1) is 6.92 Å². The summed E-state index contributed by atoms with van der Waals surface area (Å²) in [5.41, 5.74) is 2.66. The number of carbonyl (C=O) groups excluding carboxylic acids is 1. The molecule has 124 valence electrons. The number of benzene rings is 1. The standard InChI is InChI=1S/C15H15N5O3S/c1-10-3-5-11(6-4-10)13-7-12(17-23-13)8-22-14(21)9-24-15-16-18-19-20(15)2/h3-7H,8-9H2,1-2H3. The van der Waals surface area contributed by atoms with Crippen molar-refractivity contribution in [3.8, 4) is 11.3 Å². The molecule has 0 saturated heterocycles. The first kappa shape index (κ1) is 16.2. The number of hydrogen-bond donors (Lipinski definition) is 0. The SMILES string of the molecule is Cc1ccc(-c2cc(COC(=O)CSc3nnnn3C)no2)cc1. The first-order valence-corrected chi connectivity index (χ1v) is 8.14. The Morgan fingerprint density at radius 2 is 2.12 bits per heavy atom. The van der Waals surface area contributed by atoms with Crippen LogP contribution >= 0.6 is 11.8 Å². The molecule has 0 bridgehead atoms. The second-order valence-corrected chi connectivity index (χ2v) is 6.03. The van der Waals surface area contributed by atoms with Gasteiger partial charge in [-0.15, -0.1) is 5.10 Å². The zero-order chi connectivity index (χ0) is 16.9. The number of thioether (sulfide) groups is 1. The van der Waals surface area contributed by atoms with Gasteiger partial charge >= 0.3 is 5.97 Å². The van der Waals surface area contributed by atoms with Gasteiger partial charge in [-0.1, -0.05) is 46.7 Å². The Balaban J connectivity index is 1.51. The molecule has 0 N–H and O–H groups in total. The number of tetrazole rings is 1. The van der Waals surface area contributed by atoms with E-state index in [0.717, 1.165) is 5.56 Å². The molecule has 9 heteroatoms. The highest BCUT2D eigenvalue weighted by molar-refractivity contribution is 7.99. The molecule has 0 unspecified atom stereocenters. The first-order valence-electron chi connectivity index (χ1n) is 7.15. The molecule has 0 spiro atoms. The Kier molecular flexibility index (Phi) is 4.90. The molecule has 0 saturated carbocycles. The number of aromatic nitrogens is 5. The number of aryl methyl sites for hydroxylation is 2. The van der Waals surface area contributed by atoms with Crippen LogP contribution in [0.3, 0.4) is 0 Å². The highest BCUT2D eigenvalue weighted by atomic mass is 32.2. The monoisotopic (exact) mass is 345 g/mol. The van der Waals surface area contributed by atoms with Crippen LogP contribution in [0.4, 0.5) is 0 Å². The van der Waals surface area contributed by atoms with Crippen LogP contribution < -0.4 is 0 Å². The van der Waals surface area contributed by atoms with Crippen molar-refractivity contribution < 1.29 is 14.1 Å². The quantitative estimate of drug-likeness (QED) is 0.494. The minimum atomic E-state index is -0.372. The molecule has 24 heavy (non-hydrogen) atoms. The van der Waals surface area contributed by atoms with Crippen molar-refractivity contribution in [2.75, 3.05) is 5.75 Å². The number of hydrogen-bond acceptors (Lipinski definition) is 8. The highest BCUT2D eigenvalue weighted by Gasteiger charge is 2.11. The summed E-state index contributed by atoms with van der Waals surface area (Å²) >= 11 is 1.21. The maximum absolute atomic E-state index is 11.8. The maximum atomic E-state index is 11.8. The number of rotatable bonds is 6. The number of esters is 1. The van der Waals surface area contributed by atoms with E-state index in [1.54, 1.807) is 13.1 Å². The van der Waals surface area contributed by atoms with Gasteiger partial charge < -0.3 is 9.26 Å². The summed E-state index contributed by atoms with van der Waals surface area (Å²) in [6.45, 7) is 2.08. The molecule has 0 radical (unpaired) electrons. The lowest BCUT2D eigenvalue weighted by Crippen LogP contribution is -2.08. The minimum Gasteiger partial charge on any atom is -0.458 e. The lowest BCUT2D eigenvalue weighted by molar-refractivity contribution is -0.141. The van der Waals surface area contributed by atoms with E-state index in [2.05, 4.69) is 20.7 Å². The van der Waals surface area contributed by atoms with Crippen LogP contribution in [-0.2, 0) is 23.2 Å². The van der Waals surface area contributed by atoms with Crippen LogP contribution in [0.2, 0.25) is 0 Å². The van der Waals surface area contributed by atoms with Crippen LogP contribution in [0.1, 0.15) is 11.3 Å². The molecule has 0 aliphatic heterocycles. The molecule has 2 heterocycles. The largest absolute Gasteiger partial charge is 0.458 e. The average molecular weight is 345 g/mol. The first-order chi connectivity index (χ1) is 11.6. The normalized spacial score (nSPS) is 10.8. The van der Waals surface area contributed by atoms with E-state index in [0.29, 0.717) is 16.6 Å². The van der Waals surface area contributed by atoms with Crippen LogP contribution in [0.25, 0.3) is 11.3 Å². The van der Waals surface area contributed by atoms with Gasteiger partial charge in [0.25, 0.3) is 0 Å². The number of ether oxygens (including phenoxy) is 1. The molecular weight excluding hydrogens is 330 g/mol. The lowest BCUT2D eigenvalue weighted by Gasteiger charge is -2.01. The van der Waals surface area contributed by atoms with Gasteiger partial charge in [0.1, 0.15) is 12.3 Å². The lowest BCUT2D eigenvalue weighted by atomic mass is 10.1. The van der Waals surface area contributed by atoms with E-state index in [1.165, 1.54) is 22.0 Å². The summed E-state index contributed by atoms with van der Waals surface area (Å²) in [6, 6.07) is 9.66. The topological polar surface area (TPSA) is 95.9 Å². The van der Waals surface area contributed by atoms with Crippen LogP contribution in [0.5, 0.6) is 0 Å². The fourth-order valence-corrected chi connectivity index (χ4v) is 2.54. The minimum absolute atomic E-state index is 0.0613. The third-order valence-corrected chi connectivity index (χ3v) is 4.16. The van der Waals surface area contributed by atoms with E-state index in [9.17, 15) is 4.79 Å². The molecule has 0 aliphatic rings. The smallest absolute Gasteiger partial charge is 0.316 e. The number of nitrogens with zero attached hydrogens (tertiary/aromatic N) is 5. The molecule has 3 aromatic rings. The average Bonchev–Trinajstić information content (AvgIpc) is 3.21. The summed E-state index contributed by atoms with van der Waals surface area (Å²) in [7, 11) is 1.70. The van der Waals surface area contributed by atoms with Crippen LogP contribution in [-0.4, -0.2) is 37.1 Å². The highest BCUT2D eigenvalue weighted by Crippen LogP contribution is 2.21. The van der Waals surface area contributed by atoms with Gasteiger partial charge in [0.05, 0.1) is 5.75 Å². The molecule has 2 aromatic heterocycles. The molecule has 0 aliphatic carbocycles. The van der Waals surface area contributed by atoms with E-state index < -0.39 is 0 Å².